The number of rotatable bonds is 5. The second kappa shape index (κ2) is 9.36. The van der Waals surface area contributed by atoms with Gasteiger partial charge in [0.05, 0.1) is 18.6 Å². The first kappa shape index (κ1) is 17.9. The standard InChI is InChI=1S/C21H19Cl2F4N5O/c22-14-1-2-15(24)18(23)17(14)19(21(25,26)27)33-16-7-11(8-30-20(16)28)12-9-31-32(10-12)13-3-5-29-6-4-13/h1-2,7-10,13,19,29H,3-6H2,(H2,28,30)/i5D2,6D2,19D. The quantitative estimate of drug-likeness (QED) is 0.347. The highest BCUT2D eigenvalue weighted by Crippen LogP contribution is 2.44. The Bertz CT molecular complexity index is 1360. The van der Waals surface area contributed by atoms with Gasteiger partial charge in [-0.3, -0.25) is 4.68 Å². The largest absolute Gasteiger partial charge is 0.472 e. The molecule has 1 aliphatic rings. The van der Waals surface area contributed by atoms with Gasteiger partial charge in [-0.2, -0.15) is 18.3 Å². The molecule has 3 N–H and O–H groups in total. The fourth-order valence-electron chi connectivity index (χ4n) is 3.14. The molecule has 0 bridgehead atoms. The number of benzene rings is 1. The number of aromatic nitrogens is 3. The highest BCUT2D eigenvalue weighted by molar-refractivity contribution is 6.36. The van der Waals surface area contributed by atoms with Crippen LogP contribution in [0.5, 0.6) is 5.75 Å². The molecule has 1 atom stereocenters. The van der Waals surface area contributed by atoms with Crippen molar-refractivity contribution in [2.24, 2.45) is 0 Å². The van der Waals surface area contributed by atoms with Gasteiger partial charge >= 0.3 is 6.18 Å². The van der Waals surface area contributed by atoms with Gasteiger partial charge in [0, 0.05) is 39.6 Å². The molecule has 33 heavy (non-hydrogen) atoms. The molecular weight excluding hydrogens is 485 g/mol. The summed E-state index contributed by atoms with van der Waals surface area (Å²) in [6.07, 6.45) is -5.62. The summed E-state index contributed by atoms with van der Waals surface area (Å²) in [4.78, 5) is 3.84. The normalized spacial score (nSPS) is 22.3. The lowest BCUT2D eigenvalue weighted by atomic mass is 10.1. The number of nitrogens with one attached hydrogen (secondary N) is 1. The minimum absolute atomic E-state index is 0.0932. The third kappa shape index (κ3) is 5.02. The van der Waals surface area contributed by atoms with E-state index in [2.05, 4.69) is 15.4 Å². The van der Waals surface area contributed by atoms with Gasteiger partial charge in [-0.25, -0.2) is 9.37 Å². The maximum atomic E-state index is 14.2. The van der Waals surface area contributed by atoms with E-state index in [1.807, 2.05) is 0 Å². The molecular formula is C21H19Cl2F4N5O. The number of alkyl halides is 3. The van der Waals surface area contributed by atoms with E-state index in [1.165, 1.54) is 23.3 Å². The molecule has 1 aromatic carbocycles. The van der Waals surface area contributed by atoms with Gasteiger partial charge in [0.1, 0.15) is 5.82 Å². The van der Waals surface area contributed by atoms with Crippen LogP contribution in [0.2, 0.25) is 10.0 Å². The van der Waals surface area contributed by atoms with Gasteiger partial charge in [-0.15, -0.1) is 0 Å². The molecule has 3 heterocycles. The van der Waals surface area contributed by atoms with Gasteiger partial charge < -0.3 is 15.8 Å². The van der Waals surface area contributed by atoms with Crippen molar-refractivity contribution in [3.05, 3.63) is 58.2 Å². The summed E-state index contributed by atoms with van der Waals surface area (Å²) in [7, 11) is 0. The van der Waals surface area contributed by atoms with Crippen LogP contribution in [0, 0.1) is 5.82 Å². The van der Waals surface area contributed by atoms with E-state index in [0.717, 1.165) is 18.2 Å². The molecule has 1 aliphatic heterocycles. The summed E-state index contributed by atoms with van der Waals surface area (Å²) in [5.74, 6) is -2.42. The maximum Gasteiger partial charge on any atom is 0.429 e. The molecule has 1 saturated heterocycles. The first-order chi connectivity index (χ1) is 17.4. The van der Waals surface area contributed by atoms with Gasteiger partial charge in [0.2, 0.25) is 6.08 Å². The van der Waals surface area contributed by atoms with Crippen LogP contribution in [0.4, 0.5) is 23.4 Å². The zero-order valence-electron chi connectivity index (χ0n) is 21.6. The first-order valence-corrected chi connectivity index (χ1v) is 10.2. The van der Waals surface area contributed by atoms with Crippen LogP contribution < -0.4 is 15.8 Å². The van der Waals surface area contributed by atoms with E-state index < -0.39 is 64.3 Å². The average Bonchev–Trinajstić information content (AvgIpc) is 3.26. The third-order valence-corrected chi connectivity index (χ3v) is 5.47. The zero-order chi connectivity index (χ0) is 28.3. The van der Waals surface area contributed by atoms with E-state index in [-0.39, 0.29) is 18.4 Å². The van der Waals surface area contributed by atoms with E-state index in [4.69, 9.17) is 40.5 Å². The van der Waals surface area contributed by atoms with Gasteiger partial charge in [0.25, 0.3) is 0 Å². The predicted molar refractivity (Wildman–Crippen MR) is 117 cm³/mol. The average molecular weight is 509 g/mol. The van der Waals surface area contributed by atoms with E-state index in [0.29, 0.717) is 5.56 Å². The predicted octanol–water partition coefficient (Wildman–Crippen LogP) is 5.58. The summed E-state index contributed by atoms with van der Waals surface area (Å²) < 4.78 is 103. The molecule has 12 heteroatoms. The number of ether oxygens (including phenoxy) is 1. The van der Waals surface area contributed by atoms with Crippen molar-refractivity contribution in [1.82, 2.24) is 20.1 Å². The minimum atomic E-state index is -5.45. The molecule has 4 rings (SSSR count). The molecule has 0 radical (unpaired) electrons. The van der Waals surface area contributed by atoms with Crippen LogP contribution in [-0.4, -0.2) is 33.9 Å². The van der Waals surface area contributed by atoms with Crippen LogP contribution in [0.15, 0.2) is 36.8 Å². The van der Waals surface area contributed by atoms with Crippen molar-refractivity contribution in [3.8, 4) is 16.9 Å². The number of nitrogens with zero attached hydrogens (tertiary/aromatic N) is 3. The number of piperidine rings is 1. The lowest BCUT2D eigenvalue weighted by Crippen LogP contribution is -2.29. The second-order valence-corrected chi connectivity index (χ2v) is 7.79. The molecule has 6 nitrogen and oxygen atoms in total. The van der Waals surface area contributed by atoms with Crippen molar-refractivity contribution in [2.45, 2.75) is 31.1 Å². The van der Waals surface area contributed by atoms with Crippen molar-refractivity contribution in [1.29, 1.82) is 0 Å². The van der Waals surface area contributed by atoms with E-state index >= 15 is 0 Å². The Hall–Kier alpha value is -2.56. The maximum absolute atomic E-state index is 14.2. The second-order valence-electron chi connectivity index (χ2n) is 7.00. The molecule has 0 amide bonds. The Morgan fingerprint density at radius 2 is 1.97 bits per heavy atom. The Morgan fingerprint density at radius 1 is 1.24 bits per heavy atom. The Kier molecular flexibility index (Phi) is 5.06. The monoisotopic (exact) mass is 508 g/mol. The fourth-order valence-corrected chi connectivity index (χ4v) is 3.68. The summed E-state index contributed by atoms with van der Waals surface area (Å²) in [5.41, 5.74) is 5.06. The van der Waals surface area contributed by atoms with Crippen molar-refractivity contribution in [3.63, 3.8) is 0 Å². The van der Waals surface area contributed by atoms with Crippen molar-refractivity contribution < 1.29 is 29.2 Å². The topological polar surface area (TPSA) is 78.0 Å². The highest BCUT2D eigenvalue weighted by Gasteiger charge is 2.46. The van der Waals surface area contributed by atoms with Crippen LogP contribution in [0.25, 0.3) is 11.1 Å². The van der Waals surface area contributed by atoms with Crippen LogP contribution >= 0.6 is 23.2 Å². The zero-order valence-corrected chi connectivity index (χ0v) is 18.1. The van der Waals surface area contributed by atoms with Crippen molar-refractivity contribution in [2.75, 3.05) is 18.7 Å². The highest BCUT2D eigenvalue weighted by atomic mass is 35.5. The lowest BCUT2D eigenvalue weighted by molar-refractivity contribution is -0.197. The van der Waals surface area contributed by atoms with Crippen LogP contribution in [0.1, 0.15) is 37.4 Å². The molecule has 0 aliphatic carbocycles. The number of nitrogen functional groups attached to an aromatic ring is 1. The van der Waals surface area contributed by atoms with Gasteiger partial charge in [0.15, 0.2) is 11.6 Å². The number of hydrogen-bond acceptors (Lipinski definition) is 5. The summed E-state index contributed by atoms with van der Waals surface area (Å²) in [6.45, 7) is -4.01. The Morgan fingerprint density at radius 3 is 2.67 bits per heavy atom. The molecule has 0 saturated carbocycles. The lowest BCUT2D eigenvalue weighted by Gasteiger charge is -2.24. The molecule has 3 aromatic rings. The summed E-state index contributed by atoms with van der Waals surface area (Å²) in [6, 6.07) is 1.96. The van der Waals surface area contributed by atoms with Crippen LogP contribution in [0.3, 0.4) is 0 Å². The molecule has 1 unspecified atom stereocenters. The van der Waals surface area contributed by atoms with Crippen LogP contribution in [-0.2, 0) is 0 Å². The van der Waals surface area contributed by atoms with Gasteiger partial charge in [-0.05, 0) is 44.0 Å². The molecule has 1 fully saturated rings. The number of pyridine rings is 1. The number of anilines is 1. The number of halogens is 6. The number of hydrogen-bond donors (Lipinski definition) is 2. The summed E-state index contributed by atoms with van der Waals surface area (Å²) >= 11 is 11.6. The minimum Gasteiger partial charge on any atom is -0.472 e. The molecule has 176 valence electrons. The molecule has 0 spiro atoms. The summed E-state index contributed by atoms with van der Waals surface area (Å²) in [5, 5.41) is 4.73. The Balaban J connectivity index is 1.71. The number of nitrogens with two attached hydrogens (primary N) is 1. The van der Waals surface area contributed by atoms with Gasteiger partial charge in [-0.1, -0.05) is 23.2 Å². The Labute approximate surface area is 203 Å². The fraction of sp³-hybridized carbons (Fsp3) is 0.333. The molecule has 2 aromatic heterocycles. The first-order valence-electron chi connectivity index (χ1n) is 11.9. The SMILES string of the molecule is [2H]C1([2H])CC(n2cc(-c3cnc(N)c(OC([2H])(c4c(Cl)ccc(F)c4Cl)C(F)(F)F)c3)cn2)CC([2H])([2H])N1. The smallest absolute Gasteiger partial charge is 0.429 e. The third-order valence-electron chi connectivity index (χ3n) is 4.78. The van der Waals surface area contributed by atoms with E-state index in [1.54, 1.807) is 0 Å². The van der Waals surface area contributed by atoms with Crippen molar-refractivity contribution >= 4 is 29.0 Å². The van der Waals surface area contributed by atoms with E-state index in [9.17, 15) is 17.6 Å².